The van der Waals surface area contributed by atoms with Crippen LogP contribution < -0.4 is 5.73 Å². The molecule has 1 saturated carbocycles. The van der Waals surface area contributed by atoms with Crippen LogP contribution in [-0.4, -0.2) is 27.1 Å². The first-order chi connectivity index (χ1) is 8.25. The van der Waals surface area contributed by atoms with E-state index in [0.29, 0.717) is 12.5 Å². The Morgan fingerprint density at radius 3 is 2.88 bits per heavy atom. The van der Waals surface area contributed by atoms with Crippen molar-refractivity contribution in [2.45, 2.75) is 38.5 Å². The molecule has 1 aliphatic rings. The third-order valence-corrected chi connectivity index (χ3v) is 3.30. The van der Waals surface area contributed by atoms with E-state index in [0.717, 1.165) is 18.1 Å². The van der Waals surface area contributed by atoms with Crippen molar-refractivity contribution in [2.75, 3.05) is 6.54 Å². The lowest BCUT2D eigenvalue weighted by Crippen LogP contribution is -2.26. The van der Waals surface area contributed by atoms with Gasteiger partial charge in [0.15, 0.2) is 5.82 Å². The molecule has 1 heterocycles. The third kappa shape index (κ3) is 3.54. The number of aromatic nitrogens is 3. The van der Waals surface area contributed by atoms with Gasteiger partial charge in [0.25, 0.3) is 0 Å². The van der Waals surface area contributed by atoms with Crippen LogP contribution in [-0.2, 0) is 13.5 Å². The Morgan fingerprint density at radius 1 is 1.47 bits per heavy atom. The molecular weight excluding hydrogens is 214 g/mol. The lowest BCUT2D eigenvalue weighted by Gasteiger charge is -2.20. The number of aryl methyl sites for hydroxylation is 1. The van der Waals surface area contributed by atoms with Crippen LogP contribution in [0.2, 0.25) is 0 Å². The topological polar surface area (TPSA) is 69.1 Å². The zero-order valence-corrected chi connectivity index (χ0v) is 10.5. The number of nitrogens with two attached hydrogens (primary N) is 1. The first kappa shape index (κ1) is 12.1. The molecule has 0 aliphatic heterocycles. The minimum atomic E-state index is 0.514. The van der Waals surface area contributed by atoms with E-state index in [1.54, 1.807) is 11.0 Å². The Bertz CT molecular complexity index is 376. The predicted molar refractivity (Wildman–Crippen MR) is 67.8 cm³/mol. The Labute approximate surface area is 102 Å². The molecule has 94 valence electrons. The summed E-state index contributed by atoms with van der Waals surface area (Å²) >= 11 is 0. The van der Waals surface area contributed by atoms with Gasteiger partial charge in [0.1, 0.15) is 6.33 Å². The van der Waals surface area contributed by atoms with Gasteiger partial charge in [0.05, 0.1) is 5.84 Å². The Hall–Kier alpha value is -1.39. The van der Waals surface area contributed by atoms with Crippen molar-refractivity contribution in [1.29, 1.82) is 0 Å². The number of amidine groups is 1. The molecule has 0 atom stereocenters. The summed E-state index contributed by atoms with van der Waals surface area (Å²) in [5, 5.41) is 4.22. The smallest absolute Gasteiger partial charge is 0.152 e. The van der Waals surface area contributed by atoms with Crippen molar-refractivity contribution >= 4 is 5.84 Å². The normalized spacial score (nSPS) is 18.5. The summed E-state index contributed by atoms with van der Waals surface area (Å²) in [7, 11) is 1.87. The molecule has 1 aromatic rings. The zero-order valence-electron chi connectivity index (χ0n) is 10.5. The molecule has 5 heteroatoms. The molecule has 0 saturated heterocycles. The summed E-state index contributed by atoms with van der Waals surface area (Å²) in [6, 6.07) is 0. The highest BCUT2D eigenvalue weighted by Crippen LogP contribution is 2.23. The minimum absolute atomic E-state index is 0.514. The van der Waals surface area contributed by atoms with E-state index in [9.17, 15) is 0 Å². The molecule has 0 aromatic carbocycles. The molecular formula is C12H21N5. The van der Waals surface area contributed by atoms with Gasteiger partial charge in [-0.15, -0.1) is 0 Å². The van der Waals surface area contributed by atoms with Crippen LogP contribution in [0.3, 0.4) is 0 Å². The average Bonchev–Trinajstić information content (AvgIpc) is 2.76. The van der Waals surface area contributed by atoms with E-state index >= 15 is 0 Å². The largest absolute Gasteiger partial charge is 0.387 e. The van der Waals surface area contributed by atoms with Crippen molar-refractivity contribution in [3.63, 3.8) is 0 Å². The summed E-state index contributed by atoms with van der Waals surface area (Å²) < 4.78 is 1.71. The number of hydrogen-bond donors (Lipinski definition) is 1. The molecule has 17 heavy (non-hydrogen) atoms. The van der Waals surface area contributed by atoms with Crippen LogP contribution in [0.15, 0.2) is 11.3 Å². The summed E-state index contributed by atoms with van der Waals surface area (Å²) in [5.74, 6) is 2.19. The first-order valence-electron chi connectivity index (χ1n) is 6.40. The molecule has 0 amide bonds. The highest BCUT2D eigenvalue weighted by atomic mass is 15.3. The van der Waals surface area contributed by atoms with Crippen molar-refractivity contribution in [3.8, 4) is 0 Å². The quantitative estimate of drug-likeness (QED) is 0.631. The minimum Gasteiger partial charge on any atom is -0.387 e. The summed E-state index contributed by atoms with van der Waals surface area (Å²) in [5.41, 5.74) is 6.02. The molecule has 2 N–H and O–H groups in total. The molecule has 0 spiro atoms. The molecule has 0 radical (unpaired) electrons. The lowest BCUT2D eigenvalue weighted by molar-refractivity contribution is 0.436. The highest BCUT2D eigenvalue weighted by molar-refractivity contribution is 5.82. The third-order valence-electron chi connectivity index (χ3n) is 3.30. The van der Waals surface area contributed by atoms with Gasteiger partial charge < -0.3 is 5.73 Å². The summed E-state index contributed by atoms with van der Waals surface area (Å²) in [6.07, 6.45) is 8.83. The number of hydrogen-bond acceptors (Lipinski definition) is 3. The van der Waals surface area contributed by atoms with E-state index in [2.05, 4.69) is 15.1 Å². The highest BCUT2D eigenvalue weighted by Gasteiger charge is 2.16. The van der Waals surface area contributed by atoms with Crippen molar-refractivity contribution in [1.82, 2.24) is 14.8 Å². The second-order valence-electron chi connectivity index (χ2n) is 4.73. The van der Waals surface area contributed by atoms with Crippen LogP contribution in [0.5, 0.6) is 0 Å². The van der Waals surface area contributed by atoms with Crippen LogP contribution in [0, 0.1) is 5.92 Å². The molecule has 1 fully saturated rings. The van der Waals surface area contributed by atoms with Gasteiger partial charge in [-0.2, -0.15) is 5.10 Å². The SMILES string of the molecule is Cn1cnc(CCN=C(N)C2CCCCC2)n1. The molecule has 2 rings (SSSR count). The van der Waals surface area contributed by atoms with Crippen molar-refractivity contribution in [2.24, 2.45) is 23.7 Å². The van der Waals surface area contributed by atoms with Gasteiger partial charge in [-0.1, -0.05) is 19.3 Å². The van der Waals surface area contributed by atoms with Gasteiger partial charge in [0.2, 0.25) is 0 Å². The number of nitrogens with zero attached hydrogens (tertiary/aromatic N) is 4. The van der Waals surface area contributed by atoms with Crippen LogP contribution in [0.4, 0.5) is 0 Å². The van der Waals surface area contributed by atoms with E-state index in [-0.39, 0.29) is 0 Å². The summed E-state index contributed by atoms with van der Waals surface area (Å²) in [6.45, 7) is 0.701. The Morgan fingerprint density at radius 2 is 2.24 bits per heavy atom. The Balaban J connectivity index is 1.79. The second-order valence-corrected chi connectivity index (χ2v) is 4.73. The van der Waals surface area contributed by atoms with E-state index in [1.807, 2.05) is 7.05 Å². The van der Waals surface area contributed by atoms with Crippen LogP contribution >= 0.6 is 0 Å². The number of rotatable bonds is 4. The maximum Gasteiger partial charge on any atom is 0.152 e. The molecule has 0 bridgehead atoms. The maximum absolute atomic E-state index is 6.02. The Kier molecular flexibility index (Phi) is 4.12. The first-order valence-corrected chi connectivity index (χ1v) is 6.40. The van der Waals surface area contributed by atoms with Gasteiger partial charge >= 0.3 is 0 Å². The lowest BCUT2D eigenvalue weighted by atomic mass is 9.88. The molecule has 5 nitrogen and oxygen atoms in total. The average molecular weight is 235 g/mol. The van der Waals surface area contributed by atoms with Crippen molar-refractivity contribution < 1.29 is 0 Å². The van der Waals surface area contributed by atoms with Gasteiger partial charge in [-0.3, -0.25) is 9.67 Å². The molecule has 1 aliphatic carbocycles. The fourth-order valence-electron chi connectivity index (χ4n) is 2.31. The fraction of sp³-hybridized carbons (Fsp3) is 0.750. The fourth-order valence-corrected chi connectivity index (χ4v) is 2.31. The van der Waals surface area contributed by atoms with E-state index < -0.39 is 0 Å². The monoisotopic (exact) mass is 235 g/mol. The van der Waals surface area contributed by atoms with Crippen molar-refractivity contribution in [3.05, 3.63) is 12.2 Å². The molecule has 1 aromatic heterocycles. The van der Waals surface area contributed by atoms with E-state index in [4.69, 9.17) is 5.73 Å². The zero-order chi connectivity index (χ0) is 12.1. The van der Waals surface area contributed by atoms with Gasteiger partial charge in [-0.05, 0) is 12.8 Å². The standard InChI is InChI=1S/C12H21N5/c1-17-9-15-11(16-17)7-8-14-12(13)10-5-3-2-4-6-10/h9-10H,2-8H2,1H3,(H2,13,14). The van der Waals surface area contributed by atoms with E-state index in [1.165, 1.54) is 32.1 Å². The van der Waals surface area contributed by atoms with Crippen LogP contribution in [0.1, 0.15) is 37.9 Å². The van der Waals surface area contributed by atoms with Gasteiger partial charge in [0, 0.05) is 25.9 Å². The maximum atomic E-state index is 6.02. The molecule has 0 unspecified atom stereocenters. The number of aliphatic imine (C=N–C) groups is 1. The van der Waals surface area contributed by atoms with Crippen LogP contribution in [0.25, 0.3) is 0 Å². The second kappa shape index (κ2) is 5.80. The van der Waals surface area contributed by atoms with Gasteiger partial charge in [-0.25, -0.2) is 4.98 Å². The predicted octanol–water partition coefficient (Wildman–Crippen LogP) is 1.30. The summed E-state index contributed by atoms with van der Waals surface area (Å²) in [4.78, 5) is 8.62.